The predicted molar refractivity (Wildman–Crippen MR) is 192 cm³/mol. The molecule has 18 atom stereocenters. The van der Waals surface area contributed by atoms with E-state index in [1.54, 1.807) is 0 Å². The van der Waals surface area contributed by atoms with Crippen LogP contribution in [0.3, 0.4) is 0 Å². The summed E-state index contributed by atoms with van der Waals surface area (Å²) in [4.78, 5) is 27.9. The van der Waals surface area contributed by atoms with Crippen LogP contribution in [0.25, 0.3) is 0 Å². The van der Waals surface area contributed by atoms with Gasteiger partial charge >= 0.3 is 5.97 Å². The van der Waals surface area contributed by atoms with Crippen molar-refractivity contribution in [2.45, 2.75) is 168 Å². The molecule has 0 aromatic heterocycles. The van der Waals surface area contributed by atoms with Crippen molar-refractivity contribution in [2.24, 2.45) is 50.2 Å². The minimum absolute atomic E-state index is 0.0277. The highest BCUT2D eigenvalue weighted by Gasteiger charge is 2.72. The maximum absolute atomic E-state index is 14.8. The van der Waals surface area contributed by atoms with Crippen LogP contribution >= 0.6 is 0 Å². The number of aliphatic carboxylic acids is 1. The zero-order valence-corrected chi connectivity index (χ0v) is 32.9. The van der Waals surface area contributed by atoms with Gasteiger partial charge in [-0.1, -0.05) is 47.1 Å². The van der Waals surface area contributed by atoms with Crippen LogP contribution in [-0.4, -0.2) is 122 Å². The van der Waals surface area contributed by atoms with Crippen molar-refractivity contribution in [1.29, 1.82) is 0 Å². The Labute approximate surface area is 318 Å². The van der Waals surface area contributed by atoms with Crippen molar-refractivity contribution in [2.75, 3.05) is 13.2 Å². The Morgan fingerprint density at radius 1 is 0.852 bits per heavy atom. The molecule has 0 spiro atoms. The molecule has 7 N–H and O–H groups in total. The Balaban J connectivity index is 1.17. The summed E-state index contributed by atoms with van der Waals surface area (Å²) in [5.74, 6) is -1.40. The lowest BCUT2D eigenvalue weighted by atomic mass is 9.33. The first-order valence-corrected chi connectivity index (χ1v) is 20.2. The van der Waals surface area contributed by atoms with Gasteiger partial charge in [0.15, 0.2) is 18.4 Å². The fraction of sp³-hybridized carbons (Fsp3) is 0.902. The molecule has 54 heavy (non-hydrogen) atoms. The van der Waals surface area contributed by atoms with E-state index in [4.69, 9.17) is 18.9 Å². The molecule has 5 aliphatic carbocycles. The molecular weight excluding hydrogens is 700 g/mol. The summed E-state index contributed by atoms with van der Waals surface area (Å²) in [6.07, 6.45) is -5.18. The number of rotatable bonds is 6. The number of fused-ring (bicyclic) bond motifs is 7. The number of carbonyl (C=O) groups is 2. The number of hydrogen-bond donors (Lipinski definition) is 7. The number of allylic oxidation sites excluding steroid dienone is 2. The molecule has 6 fully saturated rings. The lowest BCUT2D eigenvalue weighted by Crippen LogP contribution is -2.68. The number of carbonyl (C=O) groups excluding carboxylic acids is 1. The van der Waals surface area contributed by atoms with Gasteiger partial charge in [-0.05, 0) is 104 Å². The van der Waals surface area contributed by atoms with Gasteiger partial charge in [-0.15, -0.1) is 0 Å². The van der Waals surface area contributed by atoms with E-state index in [0.29, 0.717) is 38.5 Å². The zero-order valence-electron chi connectivity index (χ0n) is 32.9. The fourth-order valence-corrected chi connectivity index (χ4v) is 13.2. The molecule has 2 heterocycles. The van der Waals surface area contributed by atoms with Gasteiger partial charge in [0.05, 0.1) is 30.8 Å². The van der Waals surface area contributed by atoms with Crippen LogP contribution in [0.1, 0.15) is 106 Å². The van der Waals surface area contributed by atoms with Gasteiger partial charge in [-0.2, -0.15) is 0 Å². The normalized spacial score (nSPS) is 54.4. The number of carboxylic acid groups (broad SMARTS) is 1. The van der Waals surface area contributed by atoms with E-state index in [9.17, 15) is 45.3 Å². The summed E-state index contributed by atoms with van der Waals surface area (Å²) < 4.78 is 24.2. The van der Waals surface area contributed by atoms with Gasteiger partial charge < -0.3 is 54.7 Å². The van der Waals surface area contributed by atoms with Gasteiger partial charge in [0.2, 0.25) is 0 Å². The summed E-state index contributed by atoms with van der Waals surface area (Å²) in [6, 6.07) is 0. The minimum atomic E-state index is -1.66. The van der Waals surface area contributed by atoms with Gasteiger partial charge in [-0.25, -0.2) is 0 Å². The Morgan fingerprint density at radius 2 is 1.54 bits per heavy atom. The zero-order chi connectivity index (χ0) is 39.6. The molecule has 0 bridgehead atoms. The highest BCUT2D eigenvalue weighted by atomic mass is 16.8. The lowest BCUT2D eigenvalue weighted by Gasteiger charge is -2.70. The Morgan fingerprint density at radius 3 is 2.20 bits per heavy atom. The SMILES string of the molecule is C[C@@H]1O[C@@H](O[C@H]2[C@H](O[C@H]3CC[C@@]4(C)[C@@H](CC[C@]5(C)[C@@H]4C(=O)C=C4[C@H]6CC(C)(C)CC[C@]6(C(=O)O)CC[C@]45C)[C@]3(C)CO)OC[C@H](O)[C@@H]2O)[C@H](O)[C@H](O)[C@H]1O. The monoisotopic (exact) mass is 764 g/mol. The van der Waals surface area contributed by atoms with E-state index in [1.807, 2.05) is 13.0 Å². The summed E-state index contributed by atoms with van der Waals surface area (Å²) in [5.41, 5.74) is -2.04. The highest BCUT2D eigenvalue weighted by molar-refractivity contribution is 5.96. The van der Waals surface area contributed by atoms with E-state index < -0.39 is 89.0 Å². The molecule has 4 saturated carbocycles. The predicted octanol–water partition coefficient (Wildman–Crippen LogP) is 2.70. The second kappa shape index (κ2) is 13.5. The quantitative estimate of drug-likeness (QED) is 0.194. The van der Waals surface area contributed by atoms with E-state index in [1.165, 1.54) is 6.92 Å². The average Bonchev–Trinajstić information content (AvgIpc) is 3.10. The van der Waals surface area contributed by atoms with Crippen LogP contribution in [0, 0.1) is 50.2 Å². The van der Waals surface area contributed by atoms with Gasteiger partial charge in [0, 0.05) is 11.3 Å². The smallest absolute Gasteiger partial charge is 0.310 e. The Hall–Kier alpha value is -1.52. The summed E-state index contributed by atoms with van der Waals surface area (Å²) in [7, 11) is 0. The standard InChI is InChI=1S/C41H64O13/c1-20-27(45)29(47)30(48)33(52-20)54-31-28(46)24(44)18-51-34(31)53-26-9-10-37(4)25(38(26,5)19-42)8-11-40(7)32(37)23(43)16-21-22-17-36(2,3)12-14-41(22,35(49)50)15-13-39(21,40)6/h16,20,22,24-34,42,44-48H,8-15,17-19H2,1-7H3,(H,49,50)/t20-,22+,24-,25+,26-,27-,28-,29+,30+,31+,32+,33-,34-,37-,38-,39+,40+,41-/m0/s1. The first kappa shape index (κ1) is 40.7. The molecule has 0 aromatic carbocycles. The lowest BCUT2D eigenvalue weighted by molar-refractivity contribution is -0.365. The second-order valence-electron chi connectivity index (χ2n) is 20.0. The third-order valence-electron chi connectivity index (χ3n) is 16.7. The molecule has 7 aliphatic rings. The molecule has 2 aliphatic heterocycles. The Bertz CT molecular complexity index is 1520. The van der Waals surface area contributed by atoms with Crippen molar-refractivity contribution in [3.05, 3.63) is 11.6 Å². The number of ether oxygens (including phenoxy) is 4. The molecule has 0 radical (unpaired) electrons. The summed E-state index contributed by atoms with van der Waals surface area (Å²) in [5, 5.41) is 74.8. The molecule has 13 nitrogen and oxygen atoms in total. The van der Waals surface area contributed by atoms with Crippen LogP contribution in [-0.2, 0) is 28.5 Å². The summed E-state index contributed by atoms with van der Waals surface area (Å²) >= 11 is 0. The van der Waals surface area contributed by atoms with Crippen LogP contribution in [0.2, 0.25) is 0 Å². The van der Waals surface area contributed by atoms with E-state index in [0.717, 1.165) is 24.8 Å². The van der Waals surface area contributed by atoms with Crippen LogP contribution in [0.4, 0.5) is 0 Å². The van der Waals surface area contributed by atoms with Crippen molar-refractivity contribution < 1.29 is 64.3 Å². The number of carboxylic acids is 1. The third kappa shape index (κ3) is 5.76. The van der Waals surface area contributed by atoms with Crippen molar-refractivity contribution in [3.63, 3.8) is 0 Å². The first-order valence-electron chi connectivity index (χ1n) is 20.2. The third-order valence-corrected chi connectivity index (χ3v) is 16.7. The van der Waals surface area contributed by atoms with E-state index >= 15 is 0 Å². The first-order chi connectivity index (χ1) is 25.1. The maximum atomic E-state index is 14.8. The van der Waals surface area contributed by atoms with Crippen molar-refractivity contribution in [1.82, 2.24) is 0 Å². The Kier molecular flexibility index (Phi) is 10.2. The maximum Gasteiger partial charge on any atom is 0.310 e. The van der Waals surface area contributed by atoms with Gasteiger partial charge in [0.1, 0.15) is 36.6 Å². The largest absolute Gasteiger partial charge is 0.481 e. The van der Waals surface area contributed by atoms with Crippen LogP contribution in [0.5, 0.6) is 0 Å². The average molecular weight is 765 g/mol. The molecular formula is C41H64O13. The number of hydrogen-bond acceptors (Lipinski definition) is 12. The van der Waals surface area contributed by atoms with E-state index in [2.05, 4.69) is 34.6 Å². The van der Waals surface area contributed by atoms with Gasteiger partial charge in [-0.3, -0.25) is 9.59 Å². The molecule has 0 aromatic rings. The minimum Gasteiger partial charge on any atom is -0.481 e. The molecule has 7 rings (SSSR count). The molecule has 0 amide bonds. The summed E-state index contributed by atoms with van der Waals surface area (Å²) in [6.45, 7) is 14.1. The second-order valence-corrected chi connectivity index (χ2v) is 20.0. The molecule has 13 heteroatoms. The van der Waals surface area contributed by atoms with Crippen molar-refractivity contribution >= 4 is 11.8 Å². The topological polar surface area (TPSA) is 213 Å². The molecule has 0 unspecified atom stereocenters. The number of aliphatic hydroxyl groups excluding tert-OH is 6. The molecule has 2 saturated heterocycles. The van der Waals surface area contributed by atoms with Crippen LogP contribution < -0.4 is 0 Å². The highest BCUT2D eigenvalue weighted by Crippen LogP contribution is 2.75. The van der Waals surface area contributed by atoms with Crippen molar-refractivity contribution in [3.8, 4) is 0 Å². The molecule has 306 valence electrons. The van der Waals surface area contributed by atoms with Gasteiger partial charge in [0.25, 0.3) is 0 Å². The number of aliphatic hydroxyl groups is 6. The van der Waals surface area contributed by atoms with E-state index in [-0.39, 0.29) is 47.6 Å². The van der Waals surface area contributed by atoms with Crippen LogP contribution in [0.15, 0.2) is 11.6 Å². The fourth-order valence-electron chi connectivity index (χ4n) is 13.2. The number of ketones is 1.